The maximum Gasteiger partial charge on any atom is 0.217 e. The maximum atomic E-state index is 8.60. The number of rotatable bonds is 3. The Labute approximate surface area is 115 Å². The van der Waals surface area contributed by atoms with Gasteiger partial charge in [0.15, 0.2) is 5.84 Å². The predicted molar refractivity (Wildman–Crippen MR) is 72.0 cm³/mol. The molecule has 1 aromatic carbocycles. The van der Waals surface area contributed by atoms with Crippen molar-refractivity contribution >= 4 is 17.4 Å². The molecule has 3 N–H and O–H groups in total. The molecule has 1 aromatic heterocycles. The summed E-state index contributed by atoms with van der Waals surface area (Å²) in [5.74, 6) is 1.04. The van der Waals surface area contributed by atoms with E-state index in [-0.39, 0.29) is 5.84 Å². The highest BCUT2D eigenvalue weighted by Crippen LogP contribution is 2.30. The van der Waals surface area contributed by atoms with Gasteiger partial charge < -0.3 is 15.7 Å². The lowest BCUT2D eigenvalue weighted by molar-refractivity contribution is 0.318. The molecule has 2 aromatic rings. The number of benzene rings is 1. The van der Waals surface area contributed by atoms with Gasteiger partial charge in [0.05, 0.1) is 10.7 Å². The molecule has 0 amide bonds. The molecule has 0 aliphatic rings. The summed E-state index contributed by atoms with van der Waals surface area (Å²) < 4.78 is 7.27. The van der Waals surface area contributed by atoms with Crippen LogP contribution < -0.4 is 10.5 Å². The lowest BCUT2D eigenvalue weighted by Gasteiger charge is -2.08. The Bertz CT molecular complexity index is 637. The van der Waals surface area contributed by atoms with Gasteiger partial charge in [-0.2, -0.15) is 5.10 Å². The van der Waals surface area contributed by atoms with Crippen LogP contribution in [0.3, 0.4) is 0 Å². The SMILES string of the molecule is Cc1cc(Oc2ccc(/C(N)=N/O)cc2Cl)n(C)n1. The van der Waals surface area contributed by atoms with Gasteiger partial charge in [-0.1, -0.05) is 16.8 Å². The van der Waals surface area contributed by atoms with Gasteiger partial charge in [0.25, 0.3) is 0 Å². The number of hydrogen-bond acceptors (Lipinski definition) is 4. The molecular weight excluding hydrogens is 268 g/mol. The highest BCUT2D eigenvalue weighted by Gasteiger charge is 2.09. The van der Waals surface area contributed by atoms with Crippen LogP contribution in [0.15, 0.2) is 29.4 Å². The Morgan fingerprint density at radius 3 is 2.74 bits per heavy atom. The van der Waals surface area contributed by atoms with Crippen LogP contribution in [-0.2, 0) is 7.05 Å². The van der Waals surface area contributed by atoms with Crippen molar-refractivity contribution in [2.75, 3.05) is 0 Å². The van der Waals surface area contributed by atoms with Gasteiger partial charge in [0.1, 0.15) is 5.75 Å². The fourth-order valence-corrected chi connectivity index (χ4v) is 1.81. The maximum absolute atomic E-state index is 8.60. The number of amidine groups is 1. The van der Waals surface area contributed by atoms with E-state index in [0.29, 0.717) is 22.2 Å². The van der Waals surface area contributed by atoms with Gasteiger partial charge in [-0.05, 0) is 25.1 Å². The first kappa shape index (κ1) is 13.2. The first-order valence-electron chi connectivity index (χ1n) is 5.47. The lowest BCUT2D eigenvalue weighted by Crippen LogP contribution is -2.12. The number of nitrogens with two attached hydrogens (primary N) is 1. The fraction of sp³-hybridized carbons (Fsp3) is 0.167. The lowest BCUT2D eigenvalue weighted by atomic mass is 10.2. The fourth-order valence-electron chi connectivity index (χ4n) is 1.60. The van der Waals surface area contributed by atoms with Crippen LogP contribution in [0, 0.1) is 6.92 Å². The van der Waals surface area contributed by atoms with E-state index >= 15 is 0 Å². The molecule has 0 saturated carbocycles. The summed E-state index contributed by atoms with van der Waals surface area (Å²) in [6.07, 6.45) is 0. The van der Waals surface area contributed by atoms with Gasteiger partial charge in [-0.25, -0.2) is 4.68 Å². The summed E-state index contributed by atoms with van der Waals surface area (Å²) in [6, 6.07) is 6.67. The zero-order valence-electron chi connectivity index (χ0n) is 10.5. The second-order valence-corrected chi connectivity index (χ2v) is 4.39. The number of halogens is 1. The van der Waals surface area contributed by atoms with Crippen LogP contribution in [0.4, 0.5) is 0 Å². The molecule has 0 aliphatic carbocycles. The monoisotopic (exact) mass is 280 g/mol. The van der Waals surface area contributed by atoms with Crippen LogP contribution in [-0.4, -0.2) is 20.8 Å². The average molecular weight is 281 g/mol. The average Bonchev–Trinajstić information content (AvgIpc) is 2.69. The summed E-state index contributed by atoms with van der Waals surface area (Å²) in [4.78, 5) is 0. The third-order valence-electron chi connectivity index (χ3n) is 2.51. The molecule has 6 nitrogen and oxygen atoms in total. The van der Waals surface area contributed by atoms with Crippen molar-refractivity contribution in [1.82, 2.24) is 9.78 Å². The molecule has 0 spiro atoms. The van der Waals surface area contributed by atoms with Crippen LogP contribution >= 0.6 is 11.6 Å². The molecule has 0 bridgehead atoms. The first-order valence-corrected chi connectivity index (χ1v) is 5.85. The Hall–Kier alpha value is -2.21. The number of aromatic nitrogens is 2. The van der Waals surface area contributed by atoms with Gasteiger partial charge >= 0.3 is 0 Å². The zero-order valence-corrected chi connectivity index (χ0v) is 11.2. The van der Waals surface area contributed by atoms with Crippen molar-refractivity contribution in [3.05, 3.63) is 40.5 Å². The Balaban J connectivity index is 2.29. The van der Waals surface area contributed by atoms with E-state index in [9.17, 15) is 0 Å². The number of aryl methyl sites for hydroxylation is 2. The molecule has 2 rings (SSSR count). The van der Waals surface area contributed by atoms with Gasteiger partial charge in [-0.3, -0.25) is 0 Å². The van der Waals surface area contributed by atoms with Crippen molar-refractivity contribution in [3.63, 3.8) is 0 Å². The van der Waals surface area contributed by atoms with Crippen molar-refractivity contribution in [3.8, 4) is 11.6 Å². The van der Waals surface area contributed by atoms with Crippen molar-refractivity contribution in [2.45, 2.75) is 6.92 Å². The Morgan fingerprint density at radius 2 is 2.21 bits per heavy atom. The van der Waals surface area contributed by atoms with E-state index in [1.165, 1.54) is 0 Å². The molecule has 19 heavy (non-hydrogen) atoms. The topological polar surface area (TPSA) is 85.7 Å². The highest BCUT2D eigenvalue weighted by atomic mass is 35.5. The number of nitrogens with zero attached hydrogens (tertiary/aromatic N) is 3. The molecule has 0 saturated heterocycles. The molecule has 100 valence electrons. The van der Waals surface area contributed by atoms with Crippen LogP contribution in [0.1, 0.15) is 11.3 Å². The minimum atomic E-state index is -0.00942. The van der Waals surface area contributed by atoms with Gasteiger partial charge in [-0.15, -0.1) is 0 Å². The molecule has 0 unspecified atom stereocenters. The van der Waals surface area contributed by atoms with Gasteiger partial charge in [0, 0.05) is 18.7 Å². The van der Waals surface area contributed by atoms with Gasteiger partial charge in [0.2, 0.25) is 5.88 Å². The summed E-state index contributed by atoms with van der Waals surface area (Å²) in [5.41, 5.74) is 6.84. The van der Waals surface area contributed by atoms with Crippen molar-refractivity contribution < 1.29 is 9.94 Å². The van der Waals surface area contributed by atoms with E-state index in [0.717, 1.165) is 5.69 Å². The van der Waals surface area contributed by atoms with E-state index in [1.807, 2.05) is 6.92 Å². The van der Waals surface area contributed by atoms with E-state index < -0.39 is 0 Å². The van der Waals surface area contributed by atoms with Crippen LogP contribution in [0.2, 0.25) is 5.02 Å². The molecule has 1 heterocycles. The van der Waals surface area contributed by atoms with E-state index in [1.54, 1.807) is 36.0 Å². The zero-order chi connectivity index (χ0) is 14.0. The van der Waals surface area contributed by atoms with E-state index in [2.05, 4.69) is 10.3 Å². The predicted octanol–water partition coefficient (Wildman–Crippen LogP) is 2.27. The molecular formula is C12H13ClN4O2. The molecule has 0 fully saturated rings. The minimum absolute atomic E-state index is 0.00942. The minimum Gasteiger partial charge on any atom is -0.438 e. The number of oxime groups is 1. The van der Waals surface area contributed by atoms with Crippen LogP contribution in [0.25, 0.3) is 0 Å². The quantitative estimate of drug-likeness (QED) is 0.391. The summed E-state index contributed by atoms with van der Waals surface area (Å²) in [7, 11) is 1.78. The molecule has 0 atom stereocenters. The van der Waals surface area contributed by atoms with Crippen molar-refractivity contribution in [1.29, 1.82) is 0 Å². The first-order chi connectivity index (χ1) is 9.01. The molecule has 0 aliphatic heterocycles. The third-order valence-corrected chi connectivity index (χ3v) is 2.80. The summed E-state index contributed by atoms with van der Waals surface area (Å²) in [5, 5.41) is 16.0. The van der Waals surface area contributed by atoms with Crippen LogP contribution in [0.5, 0.6) is 11.6 Å². The largest absolute Gasteiger partial charge is 0.438 e. The van der Waals surface area contributed by atoms with Crippen molar-refractivity contribution in [2.24, 2.45) is 17.9 Å². The van der Waals surface area contributed by atoms with E-state index in [4.69, 9.17) is 27.3 Å². The standard InChI is InChI=1S/C12H13ClN4O2/c1-7-5-11(17(2)15-7)19-10-4-3-8(6-9(10)13)12(14)16-18/h3-6,18H,1-2H3,(H2,14,16). The number of ether oxygens (including phenoxy) is 1. The highest BCUT2D eigenvalue weighted by molar-refractivity contribution is 6.32. The second-order valence-electron chi connectivity index (χ2n) is 3.98. The Morgan fingerprint density at radius 1 is 1.47 bits per heavy atom. The smallest absolute Gasteiger partial charge is 0.217 e. The summed E-state index contributed by atoms with van der Waals surface area (Å²) >= 11 is 6.09. The number of hydrogen-bond donors (Lipinski definition) is 2. The normalized spacial score (nSPS) is 11.6. The third kappa shape index (κ3) is 2.79. The Kier molecular flexibility index (Phi) is 3.62. The second kappa shape index (κ2) is 5.19. The molecule has 0 radical (unpaired) electrons. The molecule has 7 heteroatoms. The summed E-state index contributed by atoms with van der Waals surface area (Å²) in [6.45, 7) is 1.87.